The van der Waals surface area contributed by atoms with E-state index < -0.39 is 11.7 Å². The molecule has 1 amide bonds. The van der Waals surface area contributed by atoms with Crippen LogP contribution in [0.15, 0.2) is 24.3 Å². The van der Waals surface area contributed by atoms with Gasteiger partial charge in [0.05, 0.1) is 5.56 Å². The Morgan fingerprint density at radius 3 is 2.79 bits per heavy atom. The summed E-state index contributed by atoms with van der Waals surface area (Å²) in [7, 11) is 2.09. The summed E-state index contributed by atoms with van der Waals surface area (Å²) in [5, 5.41) is 2.74. The fourth-order valence-corrected chi connectivity index (χ4v) is 3.28. The van der Waals surface area contributed by atoms with Gasteiger partial charge < -0.3 is 10.2 Å². The number of hydrogen-bond acceptors (Lipinski definition) is 2. The predicted octanol–water partition coefficient (Wildman–Crippen LogP) is 3.49. The van der Waals surface area contributed by atoms with Crippen molar-refractivity contribution in [2.24, 2.45) is 5.92 Å². The second-order valence-electron chi connectivity index (χ2n) is 6.56. The van der Waals surface area contributed by atoms with Gasteiger partial charge in [-0.25, -0.2) is 0 Å². The van der Waals surface area contributed by atoms with Crippen LogP contribution in [-0.2, 0) is 17.4 Å². The summed E-state index contributed by atoms with van der Waals surface area (Å²) < 4.78 is 38.7. The zero-order chi connectivity index (χ0) is 17.6. The molecule has 134 valence electrons. The van der Waals surface area contributed by atoms with Gasteiger partial charge in [-0.2, -0.15) is 13.2 Å². The molecule has 6 heteroatoms. The van der Waals surface area contributed by atoms with Gasteiger partial charge in [-0.15, -0.1) is 0 Å². The summed E-state index contributed by atoms with van der Waals surface area (Å²) in [6, 6.07) is 5.52. The van der Waals surface area contributed by atoms with Crippen molar-refractivity contribution < 1.29 is 18.0 Å². The molecule has 0 radical (unpaired) electrons. The smallest absolute Gasteiger partial charge is 0.356 e. The lowest BCUT2D eigenvalue weighted by molar-refractivity contribution is -0.138. The van der Waals surface area contributed by atoms with E-state index in [2.05, 4.69) is 17.3 Å². The molecular weight excluding hydrogens is 317 g/mol. The van der Waals surface area contributed by atoms with Gasteiger partial charge in [0.25, 0.3) is 0 Å². The molecule has 0 aliphatic carbocycles. The molecule has 1 heterocycles. The number of piperidine rings is 1. The van der Waals surface area contributed by atoms with Gasteiger partial charge in [0, 0.05) is 19.5 Å². The standard InChI is InChI=1S/C18H25F3N2O/c1-23-12-4-5-14(13-23)8-9-17(24)22-11-10-15-6-2-3-7-16(15)18(19,20)21/h2-3,6-7,14H,4-5,8-13H2,1H3,(H,22,24)/t14-/m0/s1. The Bertz CT molecular complexity index is 545. The molecule has 0 spiro atoms. The van der Waals surface area contributed by atoms with Gasteiger partial charge in [-0.05, 0) is 56.8 Å². The number of halogens is 3. The molecule has 0 aromatic heterocycles. The molecule has 24 heavy (non-hydrogen) atoms. The minimum Gasteiger partial charge on any atom is -0.356 e. The molecule has 1 atom stereocenters. The van der Waals surface area contributed by atoms with Crippen LogP contribution in [0.1, 0.15) is 36.8 Å². The third-order valence-electron chi connectivity index (χ3n) is 4.54. The highest BCUT2D eigenvalue weighted by Gasteiger charge is 2.32. The lowest BCUT2D eigenvalue weighted by Crippen LogP contribution is -2.33. The molecule has 1 N–H and O–H groups in total. The largest absolute Gasteiger partial charge is 0.416 e. The van der Waals surface area contributed by atoms with Crippen LogP contribution in [0.4, 0.5) is 13.2 Å². The van der Waals surface area contributed by atoms with Crippen LogP contribution >= 0.6 is 0 Å². The van der Waals surface area contributed by atoms with Gasteiger partial charge in [0.1, 0.15) is 0 Å². The van der Waals surface area contributed by atoms with Crippen molar-refractivity contribution in [1.82, 2.24) is 10.2 Å². The summed E-state index contributed by atoms with van der Waals surface area (Å²) in [6.07, 6.45) is -0.566. The van der Waals surface area contributed by atoms with Crippen molar-refractivity contribution >= 4 is 5.91 Å². The van der Waals surface area contributed by atoms with Crippen LogP contribution in [0.2, 0.25) is 0 Å². The van der Waals surface area contributed by atoms with Crippen LogP contribution < -0.4 is 5.32 Å². The summed E-state index contributed by atoms with van der Waals surface area (Å²) in [5.41, 5.74) is -0.399. The van der Waals surface area contributed by atoms with Gasteiger partial charge in [-0.3, -0.25) is 4.79 Å². The van der Waals surface area contributed by atoms with Gasteiger partial charge in [-0.1, -0.05) is 18.2 Å². The van der Waals surface area contributed by atoms with Crippen molar-refractivity contribution in [3.8, 4) is 0 Å². The van der Waals surface area contributed by atoms with E-state index in [0.717, 1.165) is 38.4 Å². The molecule has 1 aromatic rings. The second-order valence-corrected chi connectivity index (χ2v) is 6.56. The Kier molecular flexibility index (Phi) is 6.66. The fourth-order valence-electron chi connectivity index (χ4n) is 3.28. The maximum atomic E-state index is 12.9. The number of nitrogens with zero attached hydrogens (tertiary/aromatic N) is 1. The van der Waals surface area contributed by atoms with E-state index in [4.69, 9.17) is 0 Å². The first kappa shape index (κ1) is 18.8. The summed E-state index contributed by atoms with van der Waals surface area (Å²) >= 11 is 0. The zero-order valence-electron chi connectivity index (χ0n) is 14.0. The number of alkyl halides is 3. The quantitative estimate of drug-likeness (QED) is 0.858. The Morgan fingerprint density at radius 1 is 1.33 bits per heavy atom. The SMILES string of the molecule is CN1CCC[C@@H](CCC(=O)NCCc2ccccc2C(F)(F)F)C1. The first-order chi connectivity index (χ1) is 11.4. The van der Waals surface area contributed by atoms with E-state index in [1.807, 2.05) is 0 Å². The highest BCUT2D eigenvalue weighted by atomic mass is 19.4. The summed E-state index contributed by atoms with van der Waals surface area (Å²) in [4.78, 5) is 14.2. The first-order valence-electron chi connectivity index (χ1n) is 8.46. The summed E-state index contributed by atoms with van der Waals surface area (Å²) in [6.45, 7) is 2.37. The minimum atomic E-state index is -4.35. The molecular formula is C18H25F3N2O. The van der Waals surface area contributed by atoms with E-state index in [1.165, 1.54) is 12.1 Å². The summed E-state index contributed by atoms with van der Waals surface area (Å²) in [5.74, 6) is 0.466. The molecule has 1 aliphatic rings. The highest BCUT2D eigenvalue weighted by molar-refractivity contribution is 5.75. The number of carbonyl (C=O) groups excluding carboxylic acids is 1. The third-order valence-corrected chi connectivity index (χ3v) is 4.54. The van der Waals surface area contributed by atoms with Crippen LogP contribution in [0.25, 0.3) is 0 Å². The van der Waals surface area contributed by atoms with Crippen LogP contribution in [0.5, 0.6) is 0 Å². The second kappa shape index (κ2) is 8.51. The molecule has 3 nitrogen and oxygen atoms in total. The Labute approximate surface area is 141 Å². The number of amides is 1. The van der Waals surface area contributed by atoms with Gasteiger partial charge >= 0.3 is 6.18 Å². The molecule has 0 bridgehead atoms. The average Bonchev–Trinajstić information content (AvgIpc) is 2.52. The molecule has 0 unspecified atom stereocenters. The average molecular weight is 342 g/mol. The van der Waals surface area contributed by atoms with E-state index >= 15 is 0 Å². The van der Waals surface area contributed by atoms with E-state index in [-0.39, 0.29) is 24.4 Å². The lowest BCUT2D eigenvalue weighted by atomic mass is 9.93. The molecule has 1 aromatic carbocycles. The number of nitrogens with one attached hydrogen (secondary N) is 1. The van der Waals surface area contributed by atoms with Crippen molar-refractivity contribution in [3.63, 3.8) is 0 Å². The topological polar surface area (TPSA) is 32.3 Å². The first-order valence-corrected chi connectivity index (χ1v) is 8.46. The predicted molar refractivity (Wildman–Crippen MR) is 87.6 cm³/mol. The molecule has 1 saturated heterocycles. The molecule has 2 rings (SSSR count). The van der Waals surface area contributed by atoms with Crippen LogP contribution in [-0.4, -0.2) is 37.5 Å². The monoisotopic (exact) mass is 342 g/mol. The minimum absolute atomic E-state index is 0.0762. The maximum absolute atomic E-state index is 12.9. The highest BCUT2D eigenvalue weighted by Crippen LogP contribution is 2.31. The zero-order valence-corrected chi connectivity index (χ0v) is 14.0. The van der Waals surface area contributed by atoms with Gasteiger partial charge in [0.15, 0.2) is 0 Å². The normalized spacial score (nSPS) is 19.2. The maximum Gasteiger partial charge on any atom is 0.416 e. The van der Waals surface area contributed by atoms with Gasteiger partial charge in [0.2, 0.25) is 5.91 Å². The van der Waals surface area contributed by atoms with E-state index in [9.17, 15) is 18.0 Å². The van der Waals surface area contributed by atoms with Crippen LogP contribution in [0.3, 0.4) is 0 Å². The molecule has 0 saturated carbocycles. The number of likely N-dealkylation sites (tertiary alicyclic amines) is 1. The Balaban J connectivity index is 1.73. The van der Waals surface area contributed by atoms with E-state index in [1.54, 1.807) is 6.07 Å². The number of carbonyl (C=O) groups is 1. The number of hydrogen-bond donors (Lipinski definition) is 1. The van der Waals surface area contributed by atoms with Crippen molar-refractivity contribution in [2.45, 2.75) is 38.3 Å². The Morgan fingerprint density at radius 2 is 2.08 bits per heavy atom. The van der Waals surface area contributed by atoms with E-state index in [0.29, 0.717) is 12.3 Å². The lowest BCUT2D eigenvalue weighted by Gasteiger charge is -2.29. The van der Waals surface area contributed by atoms with Crippen molar-refractivity contribution in [1.29, 1.82) is 0 Å². The number of rotatable bonds is 6. The number of benzene rings is 1. The van der Waals surface area contributed by atoms with Crippen molar-refractivity contribution in [2.75, 3.05) is 26.7 Å². The molecule has 1 fully saturated rings. The van der Waals surface area contributed by atoms with Crippen molar-refractivity contribution in [3.05, 3.63) is 35.4 Å². The van der Waals surface area contributed by atoms with Crippen LogP contribution in [0, 0.1) is 5.92 Å². The third kappa shape index (κ3) is 5.82. The Hall–Kier alpha value is -1.56. The fraction of sp³-hybridized carbons (Fsp3) is 0.611. The molecule has 1 aliphatic heterocycles.